The highest BCUT2D eigenvalue weighted by molar-refractivity contribution is 5.96. The smallest absolute Gasteiger partial charge is 0.273 e. The third-order valence-corrected chi connectivity index (χ3v) is 4.68. The number of amides is 2. The minimum atomic E-state index is -0.503. The molecule has 8 heteroatoms. The number of para-hydroxylation sites is 1. The molecule has 2 heterocycles. The van der Waals surface area contributed by atoms with Crippen LogP contribution in [0.5, 0.6) is 0 Å². The number of fused-ring (bicyclic) bond motifs is 1. The Morgan fingerprint density at radius 1 is 1.00 bits per heavy atom. The molecule has 1 aliphatic rings. The Bertz CT molecular complexity index is 1020. The van der Waals surface area contributed by atoms with Gasteiger partial charge in [0.15, 0.2) is 0 Å². The molecule has 2 atom stereocenters. The molecule has 2 amide bonds. The maximum atomic E-state index is 13.1. The first-order chi connectivity index (χ1) is 13.6. The van der Waals surface area contributed by atoms with Crippen LogP contribution in [0.4, 0.5) is 4.39 Å². The predicted octanol–water partition coefficient (Wildman–Crippen LogP) is 1.60. The number of nitrogens with one attached hydrogen (secondary N) is 4. The van der Waals surface area contributed by atoms with Crippen molar-refractivity contribution in [2.45, 2.75) is 6.04 Å². The summed E-state index contributed by atoms with van der Waals surface area (Å²) in [5, 5.41) is 0.924. The van der Waals surface area contributed by atoms with E-state index in [0.717, 1.165) is 10.9 Å². The summed E-state index contributed by atoms with van der Waals surface area (Å²) < 4.78 is 13.1. The molecule has 0 radical (unpaired) electrons. The number of hydrogen-bond acceptors (Lipinski definition) is 5. The number of halogens is 1. The first-order valence-electron chi connectivity index (χ1n) is 8.82. The average Bonchev–Trinajstić information content (AvgIpc) is 3.22. The highest BCUT2D eigenvalue weighted by atomic mass is 19.1. The minimum absolute atomic E-state index is 0.205. The Morgan fingerprint density at radius 2 is 1.79 bits per heavy atom. The number of aromatic nitrogens is 1. The quantitative estimate of drug-likeness (QED) is 0.519. The topological polar surface area (TPSA) is 95.2 Å². The van der Waals surface area contributed by atoms with E-state index in [1.807, 2.05) is 24.3 Å². The Labute approximate surface area is 160 Å². The summed E-state index contributed by atoms with van der Waals surface area (Å²) in [4.78, 5) is 29.2. The molecule has 1 aliphatic heterocycles. The van der Waals surface area contributed by atoms with Gasteiger partial charge in [0.05, 0.1) is 17.5 Å². The molecule has 0 bridgehead atoms. The number of carbonyl (C=O) groups excluding carboxylic acids is 2. The molecular formula is C20H18FN5O2. The van der Waals surface area contributed by atoms with Gasteiger partial charge in [-0.1, -0.05) is 36.4 Å². The molecule has 7 nitrogen and oxygen atoms in total. The summed E-state index contributed by atoms with van der Waals surface area (Å²) in [6, 6.07) is 16.5. The second kappa shape index (κ2) is 7.71. The summed E-state index contributed by atoms with van der Waals surface area (Å²) in [7, 11) is 0. The largest absolute Gasteiger partial charge is 0.288 e. The molecule has 0 spiro atoms. The number of hydrazine groups is 2. The molecule has 4 rings (SSSR count). The van der Waals surface area contributed by atoms with Gasteiger partial charge in [-0.25, -0.2) is 14.8 Å². The summed E-state index contributed by atoms with van der Waals surface area (Å²) in [5.41, 5.74) is 12.5. The predicted molar refractivity (Wildman–Crippen MR) is 101 cm³/mol. The molecule has 0 aliphatic carbocycles. The third kappa shape index (κ3) is 3.68. The van der Waals surface area contributed by atoms with Crippen LogP contribution in [0.15, 0.2) is 60.7 Å². The van der Waals surface area contributed by atoms with Crippen LogP contribution >= 0.6 is 0 Å². The molecule has 3 aromatic rings. The molecule has 142 valence electrons. The molecule has 2 aromatic carbocycles. The van der Waals surface area contributed by atoms with Crippen LogP contribution in [0.2, 0.25) is 0 Å². The second-order valence-electron chi connectivity index (χ2n) is 6.49. The standard InChI is InChI=1S/C20H18FN5O2/c21-14-8-5-13(6-9-14)18-15(11-22-24-18)19(27)25-26-20(28)17-10-7-12-3-1-2-4-16(12)23-17/h1-10,15,18,22,24H,11H2,(H,25,27)(H,26,28). The van der Waals surface area contributed by atoms with Gasteiger partial charge >= 0.3 is 0 Å². The first-order valence-corrected chi connectivity index (χ1v) is 8.82. The number of benzene rings is 2. The van der Waals surface area contributed by atoms with Gasteiger partial charge in [-0.2, -0.15) is 0 Å². The number of rotatable bonds is 3. The Hall–Kier alpha value is -3.36. The van der Waals surface area contributed by atoms with Crippen LogP contribution in [-0.4, -0.2) is 23.3 Å². The molecule has 1 fully saturated rings. The number of carbonyl (C=O) groups is 2. The van der Waals surface area contributed by atoms with Gasteiger partial charge in [0.1, 0.15) is 11.5 Å². The van der Waals surface area contributed by atoms with Crippen LogP contribution in [0, 0.1) is 11.7 Å². The van der Waals surface area contributed by atoms with Gasteiger partial charge in [0.25, 0.3) is 5.91 Å². The molecule has 1 aromatic heterocycles. The zero-order chi connectivity index (χ0) is 19.5. The summed E-state index contributed by atoms with van der Waals surface area (Å²) in [5.74, 6) is -1.68. The lowest BCUT2D eigenvalue weighted by molar-refractivity contribution is -0.125. The number of hydrogen-bond donors (Lipinski definition) is 4. The van der Waals surface area contributed by atoms with Crippen LogP contribution < -0.4 is 21.7 Å². The molecule has 2 unspecified atom stereocenters. The van der Waals surface area contributed by atoms with Crippen molar-refractivity contribution in [2.75, 3.05) is 6.54 Å². The summed E-state index contributed by atoms with van der Waals surface area (Å²) >= 11 is 0. The summed E-state index contributed by atoms with van der Waals surface area (Å²) in [6.07, 6.45) is 0. The minimum Gasteiger partial charge on any atom is -0.273 e. The SMILES string of the molecule is O=C(NNC(=O)C1CNNC1c1ccc(F)cc1)c1ccc2ccccc2n1. The van der Waals surface area contributed by atoms with Crippen molar-refractivity contribution in [3.05, 3.63) is 77.7 Å². The van der Waals surface area contributed by atoms with E-state index in [2.05, 4.69) is 26.7 Å². The number of pyridine rings is 1. The first kappa shape index (κ1) is 18.0. The summed E-state index contributed by atoms with van der Waals surface area (Å²) in [6.45, 7) is 0.373. The normalized spacial score (nSPS) is 18.8. The maximum absolute atomic E-state index is 13.1. The van der Waals surface area contributed by atoms with E-state index in [-0.39, 0.29) is 23.5 Å². The van der Waals surface area contributed by atoms with Crippen molar-refractivity contribution in [2.24, 2.45) is 5.92 Å². The van der Waals surface area contributed by atoms with Crippen molar-refractivity contribution in [1.29, 1.82) is 0 Å². The third-order valence-electron chi connectivity index (χ3n) is 4.68. The van der Waals surface area contributed by atoms with E-state index in [0.29, 0.717) is 12.1 Å². The molecule has 0 saturated carbocycles. The Balaban J connectivity index is 1.41. The van der Waals surface area contributed by atoms with Crippen molar-refractivity contribution >= 4 is 22.7 Å². The lowest BCUT2D eigenvalue weighted by Gasteiger charge is -2.18. The lowest BCUT2D eigenvalue weighted by atomic mass is 9.94. The fourth-order valence-corrected chi connectivity index (χ4v) is 3.19. The Kier molecular flexibility index (Phi) is 4.96. The van der Waals surface area contributed by atoms with E-state index >= 15 is 0 Å². The molecule has 28 heavy (non-hydrogen) atoms. The van der Waals surface area contributed by atoms with Crippen LogP contribution in [-0.2, 0) is 4.79 Å². The fraction of sp³-hybridized carbons (Fsp3) is 0.150. The fourth-order valence-electron chi connectivity index (χ4n) is 3.19. The molecular weight excluding hydrogens is 361 g/mol. The average molecular weight is 379 g/mol. The van der Waals surface area contributed by atoms with Crippen molar-refractivity contribution in [3.63, 3.8) is 0 Å². The molecule has 4 N–H and O–H groups in total. The van der Waals surface area contributed by atoms with E-state index in [9.17, 15) is 14.0 Å². The second-order valence-corrected chi connectivity index (χ2v) is 6.49. The van der Waals surface area contributed by atoms with Crippen molar-refractivity contribution < 1.29 is 14.0 Å². The van der Waals surface area contributed by atoms with Crippen molar-refractivity contribution in [1.82, 2.24) is 26.7 Å². The zero-order valence-electron chi connectivity index (χ0n) is 14.8. The van der Waals surface area contributed by atoms with Gasteiger partial charge in [0.2, 0.25) is 5.91 Å². The Morgan fingerprint density at radius 3 is 2.61 bits per heavy atom. The number of nitrogens with zero attached hydrogens (tertiary/aromatic N) is 1. The van der Waals surface area contributed by atoms with E-state index in [1.165, 1.54) is 12.1 Å². The van der Waals surface area contributed by atoms with Crippen LogP contribution in [0.1, 0.15) is 22.1 Å². The lowest BCUT2D eigenvalue weighted by Crippen LogP contribution is -2.46. The van der Waals surface area contributed by atoms with Crippen LogP contribution in [0.25, 0.3) is 10.9 Å². The van der Waals surface area contributed by atoms with Gasteiger partial charge in [0, 0.05) is 11.9 Å². The van der Waals surface area contributed by atoms with E-state index < -0.39 is 11.8 Å². The highest BCUT2D eigenvalue weighted by Gasteiger charge is 2.34. The monoisotopic (exact) mass is 379 g/mol. The molecule has 1 saturated heterocycles. The van der Waals surface area contributed by atoms with Gasteiger partial charge in [-0.05, 0) is 29.8 Å². The van der Waals surface area contributed by atoms with E-state index in [1.54, 1.807) is 24.3 Å². The van der Waals surface area contributed by atoms with Gasteiger partial charge in [-0.15, -0.1) is 0 Å². The zero-order valence-corrected chi connectivity index (χ0v) is 14.8. The van der Waals surface area contributed by atoms with E-state index in [4.69, 9.17) is 0 Å². The van der Waals surface area contributed by atoms with Gasteiger partial charge in [-0.3, -0.25) is 25.9 Å². The highest BCUT2D eigenvalue weighted by Crippen LogP contribution is 2.25. The van der Waals surface area contributed by atoms with Crippen LogP contribution in [0.3, 0.4) is 0 Å². The van der Waals surface area contributed by atoms with Crippen molar-refractivity contribution in [3.8, 4) is 0 Å². The van der Waals surface area contributed by atoms with Gasteiger partial charge < -0.3 is 0 Å². The maximum Gasteiger partial charge on any atom is 0.288 e.